The fourth-order valence-corrected chi connectivity index (χ4v) is 8.33. The Balaban J connectivity index is 1.19. The van der Waals surface area contributed by atoms with Gasteiger partial charge in [0.15, 0.2) is 0 Å². The summed E-state index contributed by atoms with van der Waals surface area (Å²) in [6, 6.07) is 19.9. The van der Waals surface area contributed by atoms with Crippen LogP contribution in [-0.2, 0) is 11.3 Å². The molecule has 250 valence electrons. The number of rotatable bonds is 5. The van der Waals surface area contributed by atoms with Gasteiger partial charge < -0.3 is 19.3 Å². The number of aryl methyl sites for hydroxylation is 1. The Morgan fingerprint density at radius 1 is 0.957 bits per heavy atom. The van der Waals surface area contributed by atoms with Crippen molar-refractivity contribution in [2.45, 2.75) is 76.7 Å². The maximum atomic E-state index is 14.3. The number of likely N-dealkylation sites (tertiary alicyclic amines) is 2. The minimum atomic E-state index is -4.95. The van der Waals surface area contributed by atoms with E-state index in [1.165, 1.54) is 7.05 Å². The molecule has 3 amide bonds. The lowest BCUT2D eigenvalue weighted by Crippen LogP contribution is -2.57. The Kier molecular flexibility index (Phi) is 9.23. The SMILES string of the molecule is Cc1ccccc1-c1ccn(C[C@@H]2CCN(C(=O)N3CC[C@@H](N(C)C(=O)C(F)(F)F)C[C@H]3c3ccccc3)CC23CCCC3)c(=O)c1. The molecule has 10 heteroatoms. The van der Waals surface area contributed by atoms with Crippen molar-refractivity contribution >= 4 is 11.9 Å². The second kappa shape index (κ2) is 13.2. The quantitative estimate of drug-likeness (QED) is 0.298. The Hall–Kier alpha value is -4.08. The fraction of sp³-hybridized carbons (Fsp3) is 0.486. The van der Waals surface area contributed by atoms with Crippen LogP contribution < -0.4 is 5.56 Å². The number of hydrogen-bond acceptors (Lipinski definition) is 3. The zero-order valence-corrected chi connectivity index (χ0v) is 27.1. The lowest BCUT2D eigenvalue weighted by Gasteiger charge is -2.50. The number of urea groups is 1. The maximum Gasteiger partial charge on any atom is 0.471 e. The van der Waals surface area contributed by atoms with Crippen LogP contribution in [0, 0.1) is 18.3 Å². The van der Waals surface area contributed by atoms with Crippen molar-refractivity contribution in [2.24, 2.45) is 11.3 Å². The van der Waals surface area contributed by atoms with Crippen LogP contribution in [0.5, 0.6) is 0 Å². The Morgan fingerprint density at radius 3 is 2.34 bits per heavy atom. The zero-order valence-electron chi connectivity index (χ0n) is 27.1. The number of alkyl halides is 3. The van der Waals surface area contributed by atoms with Gasteiger partial charge in [0, 0.05) is 51.5 Å². The molecule has 1 spiro atoms. The van der Waals surface area contributed by atoms with Crippen LogP contribution in [0.1, 0.15) is 62.1 Å². The molecule has 3 aliphatic rings. The van der Waals surface area contributed by atoms with Crippen molar-refractivity contribution in [3.63, 3.8) is 0 Å². The van der Waals surface area contributed by atoms with Gasteiger partial charge in [0.05, 0.1) is 6.04 Å². The highest BCUT2D eigenvalue weighted by molar-refractivity contribution is 5.82. The highest BCUT2D eigenvalue weighted by Gasteiger charge is 2.49. The van der Waals surface area contributed by atoms with E-state index in [1.54, 1.807) is 11.0 Å². The molecule has 3 heterocycles. The van der Waals surface area contributed by atoms with Gasteiger partial charge >= 0.3 is 18.1 Å². The third kappa shape index (κ3) is 6.69. The zero-order chi connectivity index (χ0) is 33.3. The first-order valence-corrected chi connectivity index (χ1v) is 16.7. The number of aromatic nitrogens is 1. The Morgan fingerprint density at radius 2 is 1.66 bits per heavy atom. The highest BCUT2D eigenvalue weighted by atomic mass is 19.4. The molecule has 7 nitrogen and oxygen atoms in total. The van der Waals surface area contributed by atoms with E-state index in [0.717, 1.165) is 59.3 Å². The van der Waals surface area contributed by atoms with Crippen LogP contribution in [-0.4, -0.2) is 70.1 Å². The summed E-state index contributed by atoms with van der Waals surface area (Å²) in [5.41, 5.74) is 3.80. The van der Waals surface area contributed by atoms with Gasteiger partial charge in [0.25, 0.3) is 5.56 Å². The van der Waals surface area contributed by atoms with Gasteiger partial charge in [-0.3, -0.25) is 9.59 Å². The molecule has 1 saturated carbocycles. The smallest absolute Gasteiger partial charge is 0.335 e. The van der Waals surface area contributed by atoms with Crippen molar-refractivity contribution in [2.75, 3.05) is 26.7 Å². The minimum Gasteiger partial charge on any atom is -0.335 e. The number of carbonyl (C=O) groups excluding carboxylic acids is 2. The normalized spacial score (nSPS) is 22.8. The summed E-state index contributed by atoms with van der Waals surface area (Å²) in [6.45, 7) is 4.05. The van der Waals surface area contributed by atoms with Crippen molar-refractivity contribution in [3.8, 4) is 11.1 Å². The van der Waals surface area contributed by atoms with Crippen LogP contribution in [0.2, 0.25) is 0 Å². The number of nitrogens with zero attached hydrogens (tertiary/aromatic N) is 4. The number of piperidine rings is 2. The second-order valence-electron chi connectivity index (χ2n) is 13.7. The molecule has 2 saturated heterocycles. The molecule has 0 radical (unpaired) electrons. The summed E-state index contributed by atoms with van der Waals surface area (Å²) >= 11 is 0. The first-order valence-electron chi connectivity index (χ1n) is 16.7. The molecule has 0 unspecified atom stereocenters. The summed E-state index contributed by atoms with van der Waals surface area (Å²) in [4.78, 5) is 44.2. The van der Waals surface area contributed by atoms with E-state index >= 15 is 0 Å². The minimum absolute atomic E-state index is 0.0278. The van der Waals surface area contributed by atoms with Gasteiger partial charge in [0.1, 0.15) is 0 Å². The molecule has 6 rings (SSSR count). The van der Waals surface area contributed by atoms with Crippen molar-refractivity contribution < 1.29 is 22.8 Å². The van der Waals surface area contributed by atoms with E-state index in [9.17, 15) is 27.6 Å². The van der Waals surface area contributed by atoms with Gasteiger partial charge in [-0.15, -0.1) is 0 Å². The average Bonchev–Trinajstić information content (AvgIpc) is 3.54. The van der Waals surface area contributed by atoms with E-state index in [0.29, 0.717) is 19.6 Å². The van der Waals surface area contributed by atoms with E-state index < -0.39 is 24.2 Å². The third-order valence-corrected chi connectivity index (χ3v) is 11.0. The molecule has 2 aliphatic heterocycles. The van der Waals surface area contributed by atoms with E-state index in [2.05, 4.69) is 0 Å². The Bertz CT molecular complexity index is 1650. The highest BCUT2D eigenvalue weighted by Crippen LogP contribution is 2.49. The maximum absolute atomic E-state index is 14.3. The number of halogens is 3. The van der Waals surface area contributed by atoms with Crippen LogP contribution in [0.25, 0.3) is 11.1 Å². The summed E-state index contributed by atoms with van der Waals surface area (Å²) < 4.78 is 41.7. The molecule has 1 aliphatic carbocycles. The largest absolute Gasteiger partial charge is 0.471 e. The van der Waals surface area contributed by atoms with Gasteiger partial charge in [-0.1, -0.05) is 67.4 Å². The van der Waals surface area contributed by atoms with Crippen molar-refractivity contribution in [3.05, 3.63) is 94.4 Å². The van der Waals surface area contributed by atoms with Crippen molar-refractivity contribution in [1.82, 2.24) is 19.3 Å². The molecular formula is C37H43F3N4O3. The summed E-state index contributed by atoms with van der Waals surface area (Å²) in [5.74, 6) is -1.61. The molecular weight excluding hydrogens is 605 g/mol. The summed E-state index contributed by atoms with van der Waals surface area (Å²) in [7, 11) is 1.20. The molecule has 0 N–H and O–H groups in total. The number of amides is 3. The molecule has 3 atom stereocenters. The van der Waals surface area contributed by atoms with E-state index in [1.807, 2.05) is 83.3 Å². The monoisotopic (exact) mass is 648 g/mol. The number of benzene rings is 2. The molecule has 3 fully saturated rings. The predicted octanol–water partition coefficient (Wildman–Crippen LogP) is 7.05. The van der Waals surface area contributed by atoms with Gasteiger partial charge in [0.2, 0.25) is 0 Å². The molecule has 47 heavy (non-hydrogen) atoms. The first-order chi connectivity index (χ1) is 22.5. The predicted molar refractivity (Wildman–Crippen MR) is 175 cm³/mol. The first kappa shape index (κ1) is 32.8. The standard InChI is InChI=1S/C37H43F3N4O3/c1-26-10-6-7-13-31(26)28-14-19-42(33(45)22-28)24-29-15-20-43(25-36(29)17-8-9-18-36)35(47)44-21-16-30(41(2)34(46)37(38,39)40)23-32(44)27-11-4-3-5-12-27/h3-7,10-14,19,22,29-30,32H,8-9,15-18,20-21,23-25H2,1-2H3/t29-,30+,32-/m0/s1. The summed E-state index contributed by atoms with van der Waals surface area (Å²) in [6.07, 6.45) is 2.38. The van der Waals surface area contributed by atoms with Crippen LogP contribution in [0.3, 0.4) is 0 Å². The average molecular weight is 649 g/mol. The third-order valence-electron chi connectivity index (χ3n) is 11.0. The van der Waals surface area contributed by atoms with Crippen molar-refractivity contribution in [1.29, 1.82) is 0 Å². The topological polar surface area (TPSA) is 65.9 Å². The summed E-state index contributed by atoms with van der Waals surface area (Å²) in [5, 5.41) is 0. The molecule has 2 aromatic carbocycles. The van der Waals surface area contributed by atoms with Gasteiger partial charge in [-0.05, 0) is 78.7 Å². The second-order valence-corrected chi connectivity index (χ2v) is 13.7. The van der Waals surface area contributed by atoms with E-state index in [-0.39, 0.29) is 42.3 Å². The molecule has 3 aromatic rings. The lowest BCUT2D eigenvalue weighted by atomic mass is 9.69. The number of carbonyl (C=O) groups is 2. The Labute approximate surface area is 274 Å². The lowest BCUT2D eigenvalue weighted by molar-refractivity contribution is -0.187. The number of hydrogen-bond donors (Lipinski definition) is 0. The van der Waals surface area contributed by atoms with Crippen LogP contribution in [0.4, 0.5) is 18.0 Å². The van der Waals surface area contributed by atoms with Gasteiger partial charge in [-0.25, -0.2) is 4.79 Å². The van der Waals surface area contributed by atoms with Crippen LogP contribution >= 0.6 is 0 Å². The number of pyridine rings is 1. The van der Waals surface area contributed by atoms with E-state index in [4.69, 9.17) is 0 Å². The van der Waals surface area contributed by atoms with Crippen LogP contribution in [0.15, 0.2) is 77.7 Å². The molecule has 1 aromatic heterocycles. The fourth-order valence-electron chi connectivity index (χ4n) is 8.33. The van der Waals surface area contributed by atoms with Gasteiger partial charge in [-0.2, -0.15) is 13.2 Å². The molecule has 0 bridgehead atoms.